The Hall–Kier alpha value is -2.82. The molecule has 102 valence electrons. The third kappa shape index (κ3) is 2.77. The van der Waals surface area contributed by atoms with Gasteiger partial charge in [-0.25, -0.2) is 0 Å². The van der Waals surface area contributed by atoms with E-state index in [0.717, 1.165) is 5.69 Å². The third-order valence-electron chi connectivity index (χ3n) is 2.98. The lowest BCUT2D eigenvalue weighted by atomic mass is 10.1. The van der Waals surface area contributed by atoms with E-state index in [0.29, 0.717) is 11.1 Å². The summed E-state index contributed by atoms with van der Waals surface area (Å²) >= 11 is 0. The molecular formula is C15H15N3O2. The number of carbonyl (C=O) groups excluding carboxylic acids is 1. The molecular weight excluding hydrogens is 254 g/mol. The Morgan fingerprint density at radius 2 is 1.60 bits per heavy atom. The average molecular weight is 269 g/mol. The van der Waals surface area contributed by atoms with E-state index in [9.17, 15) is 4.79 Å². The van der Waals surface area contributed by atoms with Crippen molar-refractivity contribution in [3.63, 3.8) is 0 Å². The summed E-state index contributed by atoms with van der Waals surface area (Å²) in [5.41, 5.74) is 7.39. The number of nitrogens with two attached hydrogens (primary N) is 1. The molecule has 3 N–H and O–H groups in total. The molecule has 0 fully saturated rings. The van der Waals surface area contributed by atoms with Crippen LogP contribution in [0, 0.1) is 0 Å². The van der Waals surface area contributed by atoms with E-state index in [1.165, 1.54) is 0 Å². The van der Waals surface area contributed by atoms with Crippen LogP contribution in [0.15, 0.2) is 59.8 Å². The predicted molar refractivity (Wildman–Crippen MR) is 78.1 cm³/mol. The highest BCUT2D eigenvalue weighted by molar-refractivity contribution is 6.06. The van der Waals surface area contributed by atoms with Gasteiger partial charge in [-0.1, -0.05) is 35.5 Å². The maximum Gasteiger partial charge on any atom is 0.258 e. The number of nitrogens with zero attached hydrogens (tertiary/aromatic N) is 2. The van der Waals surface area contributed by atoms with Crippen LogP contribution in [0.5, 0.6) is 0 Å². The zero-order chi connectivity index (χ0) is 14.5. The lowest BCUT2D eigenvalue weighted by Gasteiger charge is -2.17. The number of oxime groups is 1. The van der Waals surface area contributed by atoms with E-state index in [2.05, 4.69) is 5.16 Å². The SMILES string of the molecule is CN(C(=O)c1ccc(/C(N)=N/O)cc1)c1ccccc1. The molecule has 20 heavy (non-hydrogen) atoms. The second kappa shape index (κ2) is 5.88. The number of rotatable bonds is 3. The smallest absolute Gasteiger partial charge is 0.258 e. The Morgan fingerprint density at radius 1 is 1.05 bits per heavy atom. The fourth-order valence-corrected chi connectivity index (χ4v) is 1.80. The highest BCUT2D eigenvalue weighted by Crippen LogP contribution is 2.15. The molecule has 1 amide bonds. The zero-order valence-electron chi connectivity index (χ0n) is 11.0. The molecule has 0 spiro atoms. The van der Waals surface area contributed by atoms with Crippen molar-refractivity contribution >= 4 is 17.4 Å². The number of benzene rings is 2. The summed E-state index contributed by atoms with van der Waals surface area (Å²) in [4.78, 5) is 13.9. The molecule has 0 radical (unpaired) electrons. The fraction of sp³-hybridized carbons (Fsp3) is 0.0667. The second-order valence-corrected chi connectivity index (χ2v) is 4.26. The standard InChI is InChI=1S/C15H15N3O2/c1-18(13-5-3-2-4-6-13)15(19)12-9-7-11(8-10-12)14(16)17-20/h2-10,20H,1H3,(H2,16,17). The van der Waals surface area contributed by atoms with E-state index in [4.69, 9.17) is 10.9 Å². The molecule has 2 aromatic carbocycles. The number of hydrogen-bond acceptors (Lipinski definition) is 3. The van der Waals surface area contributed by atoms with Gasteiger partial charge in [0.15, 0.2) is 5.84 Å². The quantitative estimate of drug-likeness (QED) is 0.387. The minimum atomic E-state index is -0.123. The molecule has 0 aliphatic heterocycles. The molecule has 0 bridgehead atoms. The first-order valence-electron chi connectivity index (χ1n) is 6.04. The Bertz CT molecular complexity index is 621. The summed E-state index contributed by atoms with van der Waals surface area (Å²) in [5.74, 6) is -0.109. The number of carbonyl (C=O) groups is 1. The highest BCUT2D eigenvalue weighted by atomic mass is 16.4. The molecule has 0 atom stereocenters. The van der Waals surface area contributed by atoms with Gasteiger partial charge in [0.1, 0.15) is 0 Å². The second-order valence-electron chi connectivity index (χ2n) is 4.26. The van der Waals surface area contributed by atoms with E-state index in [1.54, 1.807) is 36.2 Å². The fourth-order valence-electron chi connectivity index (χ4n) is 1.80. The molecule has 0 aliphatic rings. The van der Waals surface area contributed by atoms with Gasteiger partial charge in [0.05, 0.1) is 0 Å². The Balaban J connectivity index is 2.21. The first-order valence-corrected chi connectivity index (χ1v) is 6.04. The molecule has 0 saturated heterocycles. The number of amidine groups is 1. The molecule has 0 aromatic heterocycles. The van der Waals surface area contributed by atoms with Crippen LogP contribution in [0.2, 0.25) is 0 Å². The van der Waals surface area contributed by atoms with Gasteiger partial charge in [0.2, 0.25) is 0 Å². The van der Waals surface area contributed by atoms with E-state index in [-0.39, 0.29) is 11.7 Å². The minimum absolute atomic E-state index is 0.0143. The van der Waals surface area contributed by atoms with Gasteiger partial charge in [-0.05, 0) is 24.3 Å². The topological polar surface area (TPSA) is 78.9 Å². The number of anilines is 1. The van der Waals surface area contributed by atoms with Gasteiger partial charge in [-0.15, -0.1) is 0 Å². The van der Waals surface area contributed by atoms with Crippen molar-refractivity contribution in [1.29, 1.82) is 0 Å². The summed E-state index contributed by atoms with van der Waals surface area (Å²) < 4.78 is 0. The zero-order valence-corrected chi connectivity index (χ0v) is 11.0. The molecule has 2 aromatic rings. The molecule has 0 heterocycles. The van der Waals surface area contributed by atoms with Crippen LogP contribution in [0.3, 0.4) is 0 Å². The van der Waals surface area contributed by atoms with Crippen molar-refractivity contribution in [3.05, 3.63) is 65.7 Å². The summed E-state index contributed by atoms with van der Waals surface area (Å²) in [5, 5.41) is 11.5. The van der Waals surface area contributed by atoms with Crippen LogP contribution < -0.4 is 10.6 Å². The van der Waals surface area contributed by atoms with Crippen LogP contribution in [0.1, 0.15) is 15.9 Å². The van der Waals surface area contributed by atoms with Crippen LogP contribution in [0.4, 0.5) is 5.69 Å². The predicted octanol–water partition coefficient (Wildman–Crippen LogP) is 2.06. The lowest BCUT2D eigenvalue weighted by molar-refractivity contribution is 0.0993. The molecule has 0 saturated carbocycles. The first kappa shape index (κ1) is 13.6. The first-order chi connectivity index (χ1) is 9.63. The van der Waals surface area contributed by atoms with Crippen molar-refractivity contribution in [2.45, 2.75) is 0 Å². The highest BCUT2D eigenvalue weighted by Gasteiger charge is 2.13. The molecule has 2 rings (SSSR count). The van der Waals surface area contributed by atoms with Gasteiger partial charge >= 0.3 is 0 Å². The van der Waals surface area contributed by atoms with Gasteiger partial charge in [0.25, 0.3) is 5.91 Å². The van der Waals surface area contributed by atoms with Crippen molar-refractivity contribution in [2.24, 2.45) is 10.9 Å². The monoisotopic (exact) mass is 269 g/mol. The maximum atomic E-state index is 12.3. The van der Waals surface area contributed by atoms with Gasteiger partial charge in [-0.3, -0.25) is 4.79 Å². The lowest BCUT2D eigenvalue weighted by Crippen LogP contribution is -2.26. The number of amides is 1. The minimum Gasteiger partial charge on any atom is -0.409 e. The summed E-state index contributed by atoms with van der Waals surface area (Å²) in [7, 11) is 1.72. The molecule has 5 heteroatoms. The molecule has 5 nitrogen and oxygen atoms in total. The Morgan fingerprint density at radius 3 is 2.15 bits per heavy atom. The van der Waals surface area contributed by atoms with Gasteiger partial charge in [-0.2, -0.15) is 0 Å². The Labute approximate surface area is 116 Å². The average Bonchev–Trinajstić information content (AvgIpc) is 2.53. The van der Waals surface area contributed by atoms with Crippen molar-refractivity contribution in [2.75, 3.05) is 11.9 Å². The van der Waals surface area contributed by atoms with Crippen LogP contribution >= 0.6 is 0 Å². The number of para-hydroxylation sites is 1. The third-order valence-corrected chi connectivity index (χ3v) is 2.98. The Kier molecular flexibility index (Phi) is 4.00. The summed E-state index contributed by atoms with van der Waals surface area (Å²) in [6, 6.07) is 16.0. The van der Waals surface area contributed by atoms with Crippen LogP contribution in [-0.4, -0.2) is 24.0 Å². The van der Waals surface area contributed by atoms with Crippen molar-refractivity contribution < 1.29 is 10.0 Å². The molecule has 0 aliphatic carbocycles. The van der Waals surface area contributed by atoms with Crippen molar-refractivity contribution in [3.8, 4) is 0 Å². The van der Waals surface area contributed by atoms with E-state index >= 15 is 0 Å². The maximum absolute atomic E-state index is 12.3. The largest absolute Gasteiger partial charge is 0.409 e. The number of hydrogen-bond donors (Lipinski definition) is 2. The van der Waals surface area contributed by atoms with Gasteiger partial charge in [0, 0.05) is 23.9 Å². The normalized spacial score (nSPS) is 11.2. The van der Waals surface area contributed by atoms with Crippen LogP contribution in [-0.2, 0) is 0 Å². The summed E-state index contributed by atoms with van der Waals surface area (Å²) in [6.07, 6.45) is 0. The van der Waals surface area contributed by atoms with Crippen LogP contribution in [0.25, 0.3) is 0 Å². The molecule has 0 unspecified atom stereocenters. The van der Waals surface area contributed by atoms with E-state index in [1.807, 2.05) is 30.3 Å². The van der Waals surface area contributed by atoms with E-state index < -0.39 is 0 Å². The van der Waals surface area contributed by atoms with Crippen molar-refractivity contribution in [1.82, 2.24) is 0 Å². The van der Waals surface area contributed by atoms with Gasteiger partial charge < -0.3 is 15.8 Å². The summed E-state index contributed by atoms with van der Waals surface area (Å²) in [6.45, 7) is 0.